The lowest BCUT2D eigenvalue weighted by atomic mass is 9.98. The maximum atomic E-state index is 6.38. The molecule has 0 spiro atoms. The first-order valence-corrected chi connectivity index (χ1v) is 7.47. The van der Waals surface area contributed by atoms with Gasteiger partial charge in [-0.1, -0.05) is 28.1 Å². The molecular weight excluding hydrogens is 334 g/mol. The van der Waals surface area contributed by atoms with E-state index in [0.717, 1.165) is 32.8 Å². The molecular formula is C16H16BrNO3. The zero-order valence-corrected chi connectivity index (χ0v) is 13.2. The summed E-state index contributed by atoms with van der Waals surface area (Å²) in [6.45, 7) is 1.15. The topological polar surface area (TPSA) is 53.7 Å². The van der Waals surface area contributed by atoms with Gasteiger partial charge in [-0.3, -0.25) is 0 Å². The van der Waals surface area contributed by atoms with Crippen LogP contribution in [0.2, 0.25) is 0 Å². The van der Waals surface area contributed by atoms with E-state index < -0.39 is 0 Å². The van der Waals surface area contributed by atoms with Gasteiger partial charge < -0.3 is 19.9 Å². The Labute approximate surface area is 131 Å². The van der Waals surface area contributed by atoms with E-state index in [2.05, 4.69) is 15.9 Å². The molecule has 1 heterocycles. The standard InChI is InChI=1S/C16H16BrNO3/c1-19-14-9-11(17)3-4-12(14)16(18)10-2-5-13-15(8-10)21-7-6-20-13/h2-5,8-9,16H,6-7,18H2,1H3. The Morgan fingerprint density at radius 1 is 1.10 bits per heavy atom. The van der Waals surface area contributed by atoms with Gasteiger partial charge in [0.2, 0.25) is 0 Å². The Morgan fingerprint density at radius 3 is 2.62 bits per heavy atom. The van der Waals surface area contributed by atoms with Gasteiger partial charge in [0.1, 0.15) is 19.0 Å². The van der Waals surface area contributed by atoms with Crippen LogP contribution >= 0.6 is 15.9 Å². The maximum Gasteiger partial charge on any atom is 0.161 e. The molecule has 0 aliphatic carbocycles. The highest BCUT2D eigenvalue weighted by Gasteiger charge is 2.18. The van der Waals surface area contributed by atoms with Crippen molar-refractivity contribution >= 4 is 15.9 Å². The van der Waals surface area contributed by atoms with Gasteiger partial charge in [-0.2, -0.15) is 0 Å². The number of rotatable bonds is 3. The van der Waals surface area contributed by atoms with Crippen molar-refractivity contribution in [3.63, 3.8) is 0 Å². The van der Waals surface area contributed by atoms with Crippen LogP contribution in [0, 0.1) is 0 Å². The quantitative estimate of drug-likeness (QED) is 0.923. The van der Waals surface area contributed by atoms with Crippen LogP contribution in [0.15, 0.2) is 40.9 Å². The molecule has 0 saturated carbocycles. The van der Waals surface area contributed by atoms with Gasteiger partial charge in [-0.15, -0.1) is 0 Å². The van der Waals surface area contributed by atoms with E-state index in [9.17, 15) is 0 Å². The smallest absolute Gasteiger partial charge is 0.161 e. The Kier molecular flexibility index (Phi) is 4.03. The van der Waals surface area contributed by atoms with Crippen molar-refractivity contribution in [1.29, 1.82) is 0 Å². The lowest BCUT2D eigenvalue weighted by Gasteiger charge is -2.21. The molecule has 3 rings (SSSR count). The first-order valence-electron chi connectivity index (χ1n) is 6.67. The van der Waals surface area contributed by atoms with Crippen LogP contribution in [-0.4, -0.2) is 20.3 Å². The van der Waals surface area contributed by atoms with E-state index >= 15 is 0 Å². The van der Waals surface area contributed by atoms with Gasteiger partial charge in [0.15, 0.2) is 11.5 Å². The minimum atomic E-state index is -0.288. The molecule has 0 saturated heterocycles. The van der Waals surface area contributed by atoms with Crippen molar-refractivity contribution in [3.8, 4) is 17.2 Å². The SMILES string of the molecule is COc1cc(Br)ccc1C(N)c1ccc2c(c1)OCCO2. The average molecular weight is 350 g/mol. The molecule has 0 bridgehead atoms. The van der Waals surface area contributed by atoms with E-state index in [1.54, 1.807) is 7.11 Å². The summed E-state index contributed by atoms with van der Waals surface area (Å²) in [7, 11) is 1.64. The molecule has 110 valence electrons. The predicted molar refractivity (Wildman–Crippen MR) is 84.2 cm³/mol. The molecule has 1 atom stereocenters. The minimum Gasteiger partial charge on any atom is -0.496 e. The molecule has 0 amide bonds. The highest BCUT2D eigenvalue weighted by atomic mass is 79.9. The fourth-order valence-electron chi connectivity index (χ4n) is 2.37. The van der Waals surface area contributed by atoms with Crippen molar-refractivity contribution in [2.24, 2.45) is 5.73 Å². The first-order chi connectivity index (χ1) is 10.2. The maximum absolute atomic E-state index is 6.38. The molecule has 1 aliphatic heterocycles. The molecule has 0 aromatic heterocycles. The summed E-state index contributed by atoms with van der Waals surface area (Å²) in [5.74, 6) is 2.26. The molecule has 5 heteroatoms. The summed E-state index contributed by atoms with van der Waals surface area (Å²) in [5, 5.41) is 0. The lowest BCUT2D eigenvalue weighted by Crippen LogP contribution is -2.17. The van der Waals surface area contributed by atoms with Crippen LogP contribution in [0.1, 0.15) is 17.2 Å². The number of benzene rings is 2. The minimum absolute atomic E-state index is 0.288. The van der Waals surface area contributed by atoms with Crippen LogP contribution in [0.5, 0.6) is 17.2 Å². The summed E-state index contributed by atoms with van der Waals surface area (Å²) in [4.78, 5) is 0. The van der Waals surface area contributed by atoms with Crippen molar-refractivity contribution in [3.05, 3.63) is 52.0 Å². The second kappa shape index (κ2) is 5.95. The molecule has 2 N–H and O–H groups in total. The number of hydrogen-bond acceptors (Lipinski definition) is 4. The molecule has 1 unspecified atom stereocenters. The third-order valence-corrected chi connectivity index (χ3v) is 3.95. The number of methoxy groups -OCH3 is 1. The number of hydrogen-bond donors (Lipinski definition) is 1. The second-order valence-electron chi connectivity index (χ2n) is 4.77. The highest BCUT2D eigenvalue weighted by molar-refractivity contribution is 9.10. The summed E-state index contributed by atoms with van der Waals surface area (Å²) in [6, 6.07) is 11.3. The molecule has 1 aliphatic rings. The number of fused-ring (bicyclic) bond motifs is 1. The fourth-order valence-corrected chi connectivity index (χ4v) is 2.71. The van der Waals surface area contributed by atoms with Crippen molar-refractivity contribution in [2.45, 2.75) is 6.04 Å². The van der Waals surface area contributed by atoms with Crippen LogP contribution in [0.3, 0.4) is 0 Å². The Hall–Kier alpha value is -1.72. The zero-order chi connectivity index (χ0) is 14.8. The Balaban J connectivity index is 1.96. The van der Waals surface area contributed by atoms with Crippen LogP contribution in [-0.2, 0) is 0 Å². The molecule has 0 fully saturated rings. The Bertz CT molecular complexity index is 660. The van der Waals surface area contributed by atoms with E-state index in [4.69, 9.17) is 19.9 Å². The molecule has 21 heavy (non-hydrogen) atoms. The van der Waals surface area contributed by atoms with Gasteiger partial charge in [0.25, 0.3) is 0 Å². The largest absolute Gasteiger partial charge is 0.496 e. The number of nitrogens with two attached hydrogens (primary N) is 1. The summed E-state index contributed by atoms with van der Waals surface area (Å²) in [5.41, 5.74) is 8.27. The van der Waals surface area contributed by atoms with Gasteiger partial charge in [-0.25, -0.2) is 0 Å². The zero-order valence-electron chi connectivity index (χ0n) is 11.6. The van der Waals surface area contributed by atoms with Gasteiger partial charge in [0, 0.05) is 10.0 Å². The highest BCUT2D eigenvalue weighted by Crippen LogP contribution is 2.36. The van der Waals surface area contributed by atoms with Gasteiger partial charge >= 0.3 is 0 Å². The first kappa shape index (κ1) is 14.2. The van der Waals surface area contributed by atoms with Crippen molar-refractivity contribution in [2.75, 3.05) is 20.3 Å². The van der Waals surface area contributed by atoms with Crippen molar-refractivity contribution in [1.82, 2.24) is 0 Å². The van der Waals surface area contributed by atoms with Crippen LogP contribution in [0.4, 0.5) is 0 Å². The summed E-state index contributed by atoms with van der Waals surface area (Å²) < 4.78 is 17.5. The second-order valence-corrected chi connectivity index (χ2v) is 5.68. The fraction of sp³-hybridized carbons (Fsp3) is 0.250. The number of halogens is 1. The Morgan fingerprint density at radius 2 is 1.86 bits per heavy atom. The molecule has 4 nitrogen and oxygen atoms in total. The van der Waals surface area contributed by atoms with E-state index in [0.29, 0.717) is 13.2 Å². The third-order valence-electron chi connectivity index (χ3n) is 3.46. The van der Waals surface area contributed by atoms with Crippen LogP contribution in [0.25, 0.3) is 0 Å². The summed E-state index contributed by atoms with van der Waals surface area (Å²) >= 11 is 3.43. The molecule has 2 aromatic carbocycles. The molecule has 0 radical (unpaired) electrons. The predicted octanol–water partition coefficient (Wildman–Crippen LogP) is 3.28. The third kappa shape index (κ3) is 2.84. The van der Waals surface area contributed by atoms with Crippen LogP contribution < -0.4 is 19.9 Å². The average Bonchev–Trinajstić information content (AvgIpc) is 2.53. The van der Waals surface area contributed by atoms with Gasteiger partial charge in [-0.05, 0) is 29.8 Å². The van der Waals surface area contributed by atoms with E-state index in [1.165, 1.54) is 0 Å². The monoisotopic (exact) mass is 349 g/mol. The molecule has 2 aromatic rings. The van der Waals surface area contributed by atoms with Crippen molar-refractivity contribution < 1.29 is 14.2 Å². The van der Waals surface area contributed by atoms with E-state index in [1.807, 2.05) is 36.4 Å². The van der Waals surface area contributed by atoms with E-state index in [-0.39, 0.29) is 6.04 Å². The normalized spacial score (nSPS) is 14.6. The summed E-state index contributed by atoms with van der Waals surface area (Å²) in [6.07, 6.45) is 0. The van der Waals surface area contributed by atoms with Gasteiger partial charge in [0.05, 0.1) is 13.2 Å². The number of ether oxygens (including phenoxy) is 3. The lowest BCUT2D eigenvalue weighted by molar-refractivity contribution is 0.171.